The Bertz CT molecular complexity index is 798. The Hall–Kier alpha value is -2.09. The number of hydrogen-bond acceptors (Lipinski definition) is 2. The number of carbonyl (C=O) groups excluding carboxylic acids is 1. The van der Waals surface area contributed by atoms with Gasteiger partial charge in [0.25, 0.3) is 0 Å². The molecule has 0 spiro atoms. The fourth-order valence-electron chi connectivity index (χ4n) is 4.18. The van der Waals surface area contributed by atoms with Crippen molar-refractivity contribution in [1.82, 2.24) is 0 Å². The number of allylic oxidation sites excluding steroid dienone is 1. The van der Waals surface area contributed by atoms with E-state index in [0.29, 0.717) is 0 Å². The second kappa shape index (κ2) is 9.73. The van der Waals surface area contributed by atoms with Crippen molar-refractivity contribution >= 4 is 22.3 Å². The fraction of sp³-hybridized carbons (Fsp3) is 0.480. The van der Waals surface area contributed by atoms with Gasteiger partial charge in [-0.3, -0.25) is 4.79 Å². The van der Waals surface area contributed by atoms with Gasteiger partial charge in [0.1, 0.15) is 6.10 Å². The molecule has 0 N–H and O–H groups in total. The van der Waals surface area contributed by atoms with Crippen LogP contribution >= 0.6 is 0 Å². The third kappa shape index (κ3) is 5.00. The summed E-state index contributed by atoms with van der Waals surface area (Å²) in [5.74, 6) is -0.223. The molecule has 144 valence electrons. The van der Waals surface area contributed by atoms with E-state index < -0.39 is 0 Å². The second-order valence-corrected chi connectivity index (χ2v) is 7.70. The number of unbranched alkanes of at least 4 members (excludes halogenated alkanes) is 7. The molecule has 27 heavy (non-hydrogen) atoms. The van der Waals surface area contributed by atoms with Crippen LogP contribution in [0.15, 0.2) is 42.5 Å². The first-order valence-electron chi connectivity index (χ1n) is 10.6. The molecule has 0 heterocycles. The maximum atomic E-state index is 11.6. The van der Waals surface area contributed by atoms with Crippen molar-refractivity contribution in [3.05, 3.63) is 53.6 Å². The van der Waals surface area contributed by atoms with Crippen LogP contribution < -0.4 is 0 Å². The molecular formula is C25H32O2. The Morgan fingerprint density at radius 3 is 2.30 bits per heavy atom. The summed E-state index contributed by atoms with van der Waals surface area (Å²) in [5, 5.41) is 2.48. The first-order valence-corrected chi connectivity index (χ1v) is 10.6. The van der Waals surface area contributed by atoms with Crippen molar-refractivity contribution < 1.29 is 9.53 Å². The summed E-state index contributed by atoms with van der Waals surface area (Å²) in [7, 11) is 0. The number of esters is 1. The average molecular weight is 365 g/mol. The van der Waals surface area contributed by atoms with Gasteiger partial charge in [-0.15, -0.1) is 0 Å². The first kappa shape index (κ1) is 19.7. The molecule has 0 saturated carbocycles. The molecule has 2 aromatic carbocycles. The van der Waals surface area contributed by atoms with E-state index in [9.17, 15) is 4.79 Å². The van der Waals surface area contributed by atoms with Gasteiger partial charge in [0, 0.05) is 12.5 Å². The Balaban J connectivity index is 1.67. The standard InChI is InChI=1S/C25H32O2/c1-3-4-5-6-7-8-9-10-13-21-18-24(27-19(2)26)23-17-12-15-20-14-11-16-22(21)25(20)23/h11-12,14-18,24H,3-10,13H2,1-2H3. The molecule has 0 saturated heterocycles. The van der Waals surface area contributed by atoms with Crippen molar-refractivity contribution in [2.45, 2.75) is 77.7 Å². The molecule has 1 aliphatic carbocycles. The molecule has 0 aromatic heterocycles. The number of carbonyl (C=O) groups is 1. The third-order valence-electron chi connectivity index (χ3n) is 5.53. The van der Waals surface area contributed by atoms with Crippen LogP contribution in [0.25, 0.3) is 16.3 Å². The van der Waals surface area contributed by atoms with Crippen LogP contribution in [0.1, 0.15) is 88.9 Å². The molecule has 1 atom stereocenters. The number of benzene rings is 2. The zero-order valence-electron chi connectivity index (χ0n) is 16.8. The lowest BCUT2D eigenvalue weighted by Crippen LogP contribution is -2.11. The highest BCUT2D eigenvalue weighted by Crippen LogP contribution is 2.41. The molecule has 3 rings (SSSR count). The van der Waals surface area contributed by atoms with E-state index in [-0.39, 0.29) is 12.1 Å². The van der Waals surface area contributed by atoms with E-state index >= 15 is 0 Å². The number of hydrogen-bond donors (Lipinski definition) is 0. The van der Waals surface area contributed by atoms with E-state index in [0.717, 1.165) is 12.0 Å². The fourth-order valence-corrected chi connectivity index (χ4v) is 4.18. The minimum Gasteiger partial charge on any atom is -0.453 e. The van der Waals surface area contributed by atoms with Crippen LogP contribution in [-0.4, -0.2) is 5.97 Å². The minimum atomic E-state index is -0.259. The molecule has 2 heteroatoms. The van der Waals surface area contributed by atoms with Gasteiger partial charge in [-0.2, -0.15) is 0 Å². The van der Waals surface area contributed by atoms with Gasteiger partial charge in [-0.05, 0) is 40.8 Å². The number of rotatable bonds is 10. The monoisotopic (exact) mass is 364 g/mol. The molecule has 1 unspecified atom stereocenters. The minimum absolute atomic E-state index is 0.223. The van der Waals surface area contributed by atoms with E-state index in [1.165, 1.54) is 80.2 Å². The van der Waals surface area contributed by atoms with E-state index in [1.54, 1.807) is 0 Å². The Kier molecular flexibility index (Phi) is 7.09. The molecule has 0 amide bonds. The van der Waals surface area contributed by atoms with Crippen LogP contribution in [0.5, 0.6) is 0 Å². The lowest BCUT2D eigenvalue weighted by atomic mass is 9.84. The normalized spacial score (nSPS) is 15.6. The zero-order valence-corrected chi connectivity index (χ0v) is 16.8. The van der Waals surface area contributed by atoms with E-state index in [4.69, 9.17) is 4.74 Å². The maximum absolute atomic E-state index is 11.6. The van der Waals surface area contributed by atoms with Crippen molar-refractivity contribution in [3.8, 4) is 0 Å². The van der Waals surface area contributed by atoms with Crippen LogP contribution in [0.4, 0.5) is 0 Å². The van der Waals surface area contributed by atoms with Gasteiger partial charge in [0.05, 0.1) is 0 Å². The summed E-state index contributed by atoms with van der Waals surface area (Å²) >= 11 is 0. The van der Waals surface area contributed by atoms with E-state index in [1.807, 2.05) is 0 Å². The summed E-state index contributed by atoms with van der Waals surface area (Å²) in [5.41, 5.74) is 3.75. The average Bonchev–Trinajstić information content (AvgIpc) is 2.66. The Morgan fingerprint density at radius 1 is 0.926 bits per heavy atom. The summed E-state index contributed by atoms with van der Waals surface area (Å²) in [6.45, 7) is 3.76. The molecule has 0 aliphatic heterocycles. The predicted molar refractivity (Wildman–Crippen MR) is 114 cm³/mol. The Morgan fingerprint density at radius 2 is 1.59 bits per heavy atom. The summed E-state index contributed by atoms with van der Waals surface area (Å²) in [6, 6.07) is 12.8. The molecular weight excluding hydrogens is 332 g/mol. The Labute approximate surface area is 163 Å². The summed E-state index contributed by atoms with van der Waals surface area (Å²) in [6.07, 6.45) is 13.6. The first-order chi connectivity index (χ1) is 13.2. The lowest BCUT2D eigenvalue weighted by molar-refractivity contribution is -0.144. The molecule has 0 bridgehead atoms. The maximum Gasteiger partial charge on any atom is 0.303 e. The molecule has 2 aromatic rings. The van der Waals surface area contributed by atoms with Gasteiger partial charge in [0.15, 0.2) is 0 Å². The smallest absolute Gasteiger partial charge is 0.303 e. The van der Waals surface area contributed by atoms with Crippen molar-refractivity contribution in [3.63, 3.8) is 0 Å². The highest BCUT2D eigenvalue weighted by Gasteiger charge is 2.23. The van der Waals surface area contributed by atoms with Crippen LogP contribution in [0, 0.1) is 0 Å². The van der Waals surface area contributed by atoms with Crippen molar-refractivity contribution in [2.75, 3.05) is 0 Å². The molecule has 0 fully saturated rings. The van der Waals surface area contributed by atoms with Crippen LogP contribution in [-0.2, 0) is 9.53 Å². The number of ether oxygens (including phenoxy) is 1. The van der Waals surface area contributed by atoms with Gasteiger partial charge in [-0.25, -0.2) is 0 Å². The largest absolute Gasteiger partial charge is 0.453 e. The zero-order chi connectivity index (χ0) is 19.1. The summed E-state index contributed by atoms with van der Waals surface area (Å²) in [4.78, 5) is 11.6. The second-order valence-electron chi connectivity index (χ2n) is 7.70. The summed E-state index contributed by atoms with van der Waals surface area (Å²) < 4.78 is 5.64. The van der Waals surface area contributed by atoms with Crippen molar-refractivity contribution in [1.29, 1.82) is 0 Å². The molecule has 1 aliphatic rings. The highest BCUT2D eigenvalue weighted by molar-refractivity contribution is 5.98. The van der Waals surface area contributed by atoms with Crippen molar-refractivity contribution in [2.24, 2.45) is 0 Å². The van der Waals surface area contributed by atoms with E-state index in [2.05, 4.69) is 49.4 Å². The quantitative estimate of drug-likeness (QED) is 0.325. The van der Waals surface area contributed by atoms with Crippen LogP contribution in [0.2, 0.25) is 0 Å². The van der Waals surface area contributed by atoms with Gasteiger partial charge < -0.3 is 4.74 Å². The lowest BCUT2D eigenvalue weighted by Gasteiger charge is -2.25. The SMILES string of the molecule is CCCCCCCCCCC1=CC(OC(C)=O)c2cccc3cccc1c23. The van der Waals surface area contributed by atoms with Gasteiger partial charge >= 0.3 is 5.97 Å². The van der Waals surface area contributed by atoms with Gasteiger partial charge in [-0.1, -0.05) is 88.3 Å². The van der Waals surface area contributed by atoms with Crippen LogP contribution in [0.3, 0.4) is 0 Å². The predicted octanol–water partition coefficient (Wildman–Crippen LogP) is 7.37. The molecule has 2 nitrogen and oxygen atoms in total. The van der Waals surface area contributed by atoms with Gasteiger partial charge in [0.2, 0.25) is 0 Å². The molecule has 0 radical (unpaired) electrons. The topological polar surface area (TPSA) is 26.3 Å². The third-order valence-corrected chi connectivity index (χ3v) is 5.53. The highest BCUT2D eigenvalue weighted by atomic mass is 16.5.